The van der Waals surface area contributed by atoms with Crippen LogP contribution in [0.5, 0.6) is 0 Å². The Hall–Kier alpha value is -1.16. The van der Waals surface area contributed by atoms with Gasteiger partial charge in [-0.3, -0.25) is 0 Å². The first-order valence-electron chi connectivity index (χ1n) is 6.96. The van der Waals surface area contributed by atoms with Gasteiger partial charge in [0.25, 0.3) is 0 Å². The van der Waals surface area contributed by atoms with Crippen LogP contribution in [0.1, 0.15) is 45.2 Å². The fourth-order valence-electron chi connectivity index (χ4n) is 2.42. The number of hydrogen-bond donors (Lipinski definition) is 1. The molecule has 1 atom stereocenters. The van der Waals surface area contributed by atoms with Gasteiger partial charge in [0, 0.05) is 24.3 Å². The van der Waals surface area contributed by atoms with E-state index in [9.17, 15) is 0 Å². The highest BCUT2D eigenvalue weighted by Gasteiger charge is 2.14. The van der Waals surface area contributed by atoms with Crippen molar-refractivity contribution in [1.29, 1.82) is 0 Å². The van der Waals surface area contributed by atoms with Crippen molar-refractivity contribution in [2.45, 2.75) is 45.6 Å². The summed E-state index contributed by atoms with van der Waals surface area (Å²) in [5, 5.41) is 3.47. The molecule has 100 valence electrons. The van der Waals surface area contributed by atoms with Crippen molar-refractivity contribution in [2.75, 3.05) is 25.0 Å². The van der Waals surface area contributed by atoms with Crippen LogP contribution in [0.3, 0.4) is 0 Å². The summed E-state index contributed by atoms with van der Waals surface area (Å²) < 4.78 is 0. The first-order valence-corrected chi connectivity index (χ1v) is 6.96. The van der Waals surface area contributed by atoms with Crippen molar-refractivity contribution >= 4 is 5.82 Å². The number of aromatic nitrogens is 2. The molecule has 1 aromatic heterocycles. The highest BCUT2D eigenvalue weighted by Crippen LogP contribution is 2.15. The predicted molar refractivity (Wildman–Crippen MR) is 74.9 cm³/mol. The molecule has 0 spiro atoms. The van der Waals surface area contributed by atoms with Crippen LogP contribution in [-0.2, 0) is 0 Å². The number of nitrogens with one attached hydrogen (secondary N) is 1. The minimum Gasteiger partial charge on any atom is -0.366 e. The van der Waals surface area contributed by atoms with Crippen LogP contribution in [0.25, 0.3) is 0 Å². The summed E-state index contributed by atoms with van der Waals surface area (Å²) in [4.78, 5) is 11.1. The van der Waals surface area contributed by atoms with E-state index in [0.29, 0.717) is 12.0 Å². The van der Waals surface area contributed by atoms with E-state index in [4.69, 9.17) is 0 Å². The Labute approximate surface area is 110 Å². The lowest BCUT2D eigenvalue weighted by atomic mass is 10.1. The second-order valence-electron chi connectivity index (χ2n) is 5.54. The Morgan fingerprint density at radius 1 is 1.22 bits per heavy atom. The topological polar surface area (TPSA) is 41.0 Å². The molecule has 4 heteroatoms. The standard InChI is InChI=1S/C14H24N4/c1-11(2)13-8-14(16-10-15-13)17-12(3)9-18-6-4-5-7-18/h8,10-12H,4-7,9H2,1-3H3,(H,15,16,17). The maximum Gasteiger partial charge on any atom is 0.129 e. The quantitative estimate of drug-likeness (QED) is 0.869. The monoisotopic (exact) mass is 248 g/mol. The molecule has 4 nitrogen and oxygen atoms in total. The van der Waals surface area contributed by atoms with Crippen LogP contribution >= 0.6 is 0 Å². The highest BCUT2D eigenvalue weighted by molar-refractivity contribution is 5.36. The van der Waals surface area contributed by atoms with Crippen LogP contribution in [0, 0.1) is 0 Å². The zero-order chi connectivity index (χ0) is 13.0. The molecule has 0 radical (unpaired) electrons. The number of rotatable bonds is 5. The van der Waals surface area contributed by atoms with Gasteiger partial charge in [0.05, 0.1) is 0 Å². The van der Waals surface area contributed by atoms with Crippen LogP contribution < -0.4 is 5.32 Å². The molecule has 0 amide bonds. The predicted octanol–water partition coefficient (Wildman–Crippen LogP) is 2.50. The van der Waals surface area contributed by atoms with Gasteiger partial charge in [-0.05, 0) is 38.8 Å². The molecule has 0 aliphatic carbocycles. The van der Waals surface area contributed by atoms with Crippen molar-refractivity contribution in [3.8, 4) is 0 Å². The Bertz CT molecular complexity index is 372. The zero-order valence-electron chi connectivity index (χ0n) is 11.7. The number of anilines is 1. The van der Waals surface area contributed by atoms with E-state index in [2.05, 4.69) is 47.0 Å². The summed E-state index contributed by atoms with van der Waals surface area (Å²) in [6.45, 7) is 10.1. The molecule has 1 fully saturated rings. The first-order chi connectivity index (χ1) is 8.65. The summed E-state index contributed by atoms with van der Waals surface area (Å²) in [6, 6.07) is 2.49. The molecule has 1 aliphatic rings. The number of nitrogens with zero attached hydrogens (tertiary/aromatic N) is 3. The van der Waals surface area contributed by atoms with E-state index < -0.39 is 0 Å². The molecule has 1 unspecified atom stereocenters. The maximum absolute atomic E-state index is 4.30. The Balaban J connectivity index is 1.89. The average molecular weight is 248 g/mol. The molecule has 2 heterocycles. The van der Waals surface area contributed by atoms with E-state index in [1.165, 1.54) is 25.9 Å². The second-order valence-corrected chi connectivity index (χ2v) is 5.54. The van der Waals surface area contributed by atoms with Crippen molar-refractivity contribution in [1.82, 2.24) is 14.9 Å². The number of likely N-dealkylation sites (tertiary alicyclic amines) is 1. The van der Waals surface area contributed by atoms with Crippen molar-refractivity contribution in [2.24, 2.45) is 0 Å². The van der Waals surface area contributed by atoms with Gasteiger partial charge in [0.2, 0.25) is 0 Å². The van der Waals surface area contributed by atoms with Gasteiger partial charge < -0.3 is 10.2 Å². The average Bonchev–Trinajstić information content (AvgIpc) is 2.82. The molecule has 1 saturated heterocycles. The molecule has 1 aromatic rings. The van der Waals surface area contributed by atoms with Crippen molar-refractivity contribution in [3.05, 3.63) is 18.1 Å². The smallest absolute Gasteiger partial charge is 0.129 e. The lowest BCUT2D eigenvalue weighted by Gasteiger charge is -2.21. The summed E-state index contributed by atoms with van der Waals surface area (Å²) >= 11 is 0. The molecule has 1 N–H and O–H groups in total. The minimum atomic E-state index is 0.429. The van der Waals surface area contributed by atoms with Gasteiger partial charge in [-0.1, -0.05) is 13.8 Å². The van der Waals surface area contributed by atoms with E-state index in [0.717, 1.165) is 18.1 Å². The van der Waals surface area contributed by atoms with Crippen LogP contribution in [0.2, 0.25) is 0 Å². The lowest BCUT2D eigenvalue weighted by molar-refractivity contribution is 0.327. The van der Waals surface area contributed by atoms with Gasteiger partial charge in [-0.2, -0.15) is 0 Å². The van der Waals surface area contributed by atoms with E-state index >= 15 is 0 Å². The molecule has 1 aliphatic heterocycles. The summed E-state index contributed by atoms with van der Waals surface area (Å²) in [6.07, 6.45) is 4.34. The fraction of sp³-hybridized carbons (Fsp3) is 0.714. The maximum atomic E-state index is 4.30. The third-order valence-electron chi connectivity index (χ3n) is 3.40. The van der Waals surface area contributed by atoms with E-state index in [1.807, 2.05) is 0 Å². The molecule has 2 rings (SSSR count). The molecular formula is C14H24N4. The fourth-order valence-corrected chi connectivity index (χ4v) is 2.42. The highest BCUT2D eigenvalue weighted by atomic mass is 15.2. The SMILES string of the molecule is CC(CN1CCCC1)Nc1cc(C(C)C)ncn1. The van der Waals surface area contributed by atoms with Crippen LogP contribution in [-0.4, -0.2) is 40.5 Å². The Morgan fingerprint density at radius 3 is 2.61 bits per heavy atom. The molecular weight excluding hydrogens is 224 g/mol. The molecule has 0 aromatic carbocycles. The van der Waals surface area contributed by atoms with Gasteiger partial charge in [-0.25, -0.2) is 9.97 Å². The third kappa shape index (κ3) is 3.67. The van der Waals surface area contributed by atoms with Gasteiger partial charge >= 0.3 is 0 Å². The summed E-state index contributed by atoms with van der Waals surface area (Å²) in [7, 11) is 0. The third-order valence-corrected chi connectivity index (χ3v) is 3.40. The number of hydrogen-bond acceptors (Lipinski definition) is 4. The normalized spacial score (nSPS) is 18.2. The summed E-state index contributed by atoms with van der Waals surface area (Å²) in [5.74, 6) is 1.39. The van der Waals surface area contributed by atoms with Crippen LogP contribution in [0.15, 0.2) is 12.4 Å². The van der Waals surface area contributed by atoms with E-state index in [-0.39, 0.29) is 0 Å². The van der Waals surface area contributed by atoms with Gasteiger partial charge in [0.1, 0.15) is 12.1 Å². The zero-order valence-corrected chi connectivity index (χ0v) is 11.7. The Morgan fingerprint density at radius 2 is 1.94 bits per heavy atom. The van der Waals surface area contributed by atoms with Gasteiger partial charge in [0.15, 0.2) is 0 Å². The molecule has 0 bridgehead atoms. The van der Waals surface area contributed by atoms with Crippen LogP contribution in [0.4, 0.5) is 5.82 Å². The van der Waals surface area contributed by atoms with Crippen molar-refractivity contribution in [3.63, 3.8) is 0 Å². The minimum absolute atomic E-state index is 0.429. The molecule has 18 heavy (non-hydrogen) atoms. The lowest BCUT2D eigenvalue weighted by Crippen LogP contribution is -2.33. The van der Waals surface area contributed by atoms with E-state index in [1.54, 1.807) is 6.33 Å². The second kappa shape index (κ2) is 6.14. The Kier molecular flexibility index (Phi) is 4.53. The summed E-state index contributed by atoms with van der Waals surface area (Å²) in [5.41, 5.74) is 1.10. The largest absolute Gasteiger partial charge is 0.366 e. The first kappa shape index (κ1) is 13.3. The van der Waals surface area contributed by atoms with Gasteiger partial charge in [-0.15, -0.1) is 0 Å². The van der Waals surface area contributed by atoms with Crippen molar-refractivity contribution < 1.29 is 0 Å². The molecule has 0 saturated carbocycles.